The lowest BCUT2D eigenvalue weighted by Crippen LogP contribution is -2.06. The highest BCUT2D eigenvalue weighted by atomic mass is 15.0. The average molecular weight is 256 g/mol. The Morgan fingerprint density at radius 3 is 2.74 bits per heavy atom. The predicted molar refractivity (Wildman–Crippen MR) is 78.2 cm³/mol. The standard InChI is InChI=1S/C15H20N4/c1-4-7-17-15-9-13(18-14(5-2)19-15)12-6-8-16-10-11(12)3/h6,8-10H,4-5,7H2,1-3H3,(H,17,18,19). The first-order chi connectivity index (χ1) is 9.24. The van der Waals surface area contributed by atoms with Gasteiger partial charge in [0, 0.05) is 37.0 Å². The molecular formula is C15H20N4. The fourth-order valence-electron chi connectivity index (χ4n) is 1.90. The fourth-order valence-corrected chi connectivity index (χ4v) is 1.90. The van der Waals surface area contributed by atoms with Crippen LogP contribution in [0.4, 0.5) is 5.82 Å². The van der Waals surface area contributed by atoms with E-state index < -0.39 is 0 Å². The number of anilines is 1. The van der Waals surface area contributed by atoms with Crippen molar-refractivity contribution in [1.82, 2.24) is 15.0 Å². The van der Waals surface area contributed by atoms with Crippen LogP contribution >= 0.6 is 0 Å². The number of nitrogens with one attached hydrogen (secondary N) is 1. The van der Waals surface area contributed by atoms with Gasteiger partial charge in [-0.25, -0.2) is 9.97 Å². The third-order valence-electron chi connectivity index (χ3n) is 2.94. The summed E-state index contributed by atoms with van der Waals surface area (Å²) in [6.07, 6.45) is 5.57. The van der Waals surface area contributed by atoms with Crippen LogP contribution in [0.25, 0.3) is 11.3 Å². The number of aryl methyl sites for hydroxylation is 2. The smallest absolute Gasteiger partial charge is 0.131 e. The zero-order valence-electron chi connectivity index (χ0n) is 11.8. The summed E-state index contributed by atoms with van der Waals surface area (Å²) >= 11 is 0. The monoisotopic (exact) mass is 256 g/mol. The molecule has 100 valence electrons. The maximum Gasteiger partial charge on any atom is 0.131 e. The van der Waals surface area contributed by atoms with Crippen LogP contribution in [0.2, 0.25) is 0 Å². The molecule has 0 spiro atoms. The minimum absolute atomic E-state index is 0.832. The van der Waals surface area contributed by atoms with Crippen molar-refractivity contribution in [1.29, 1.82) is 0 Å². The van der Waals surface area contributed by atoms with Gasteiger partial charge >= 0.3 is 0 Å². The van der Waals surface area contributed by atoms with Gasteiger partial charge in [0.2, 0.25) is 0 Å². The van der Waals surface area contributed by atoms with E-state index in [9.17, 15) is 0 Å². The van der Waals surface area contributed by atoms with Crippen molar-refractivity contribution in [3.05, 3.63) is 35.9 Å². The number of pyridine rings is 1. The van der Waals surface area contributed by atoms with Gasteiger partial charge in [-0.2, -0.15) is 0 Å². The third kappa shape index (κ3) is 3.28. The van der Waals surface area contributed by atoms with Crippen LogP contribution in [-0.2, 0) is 6.42 Å². The van der Waals surface area contributed by atoms with Crippen LogP contribution in [0.1, 0.15) is 31.7 Å². The molecule has 0 aromatic carbocycles. The molecule has 0 aliphatic carbocycles. The van der Waals surface area contributed by atoms with E-state index in [4.69, 9.17) is 0 Å². The summed E-state index contributed by atoms with van der Waals surface area (Å²) in [5.74, 6) is 1.77. The normalized spacial score (nSPS) is 10.5. The van der Waals surface area contributed by atoms with Crippen LogP contribution in [0, 0.1) is 6.92 Å². The summed E-state index contributed by atoms with van der Waals surface area (Å²) in [5, 5.41) is 3.33. The maximum atomic E-state index is 4.61. The number of hydrogen-bond acceptors (Lipinski definition) is 4. The van der Waals surface area contributed by atoms with E-state index in [-0.39, 0.29) is 0 Å². The number of hydrogen-bond donors (Lipinski definition) is 1. The molecule has 0 bridgehead atoms. The minimum Gasteiger partial charge on any atom is -0.370 e. The Labute approximate surface area is 114 Å². The number of rotatable bonds is 5. The van der Waals surface area contributed by atoms with E-state index in [1.165, 1.54) is 0 Å². The Morgan fingerprint density at radius 1 is 1.21 bits per heavy atom. The van der Waals surface area contributed by atoms with E-state index in [1.807, 2.05) is 18.3 Å². The van der Waals surface area contributed by atoms with E-state index >= 15 is 0 Å². The summed E-state index contributed by atoms with van der Waals surface area (Å²) in [7, 11) is 0. The van der Waals surface area contributed by atoms with Gasteiger partial charge in [0.25, 0.3) is 0 Å². The van der Waals surface area contributed by atoms with E-state index in [2.05, 4.69) is 41.0 Å². The molecular weight excluding hydrogens is 236 g/mol. The molecule has 0 amide bonds. The van der Waals surface area contributed by atoms with Crippen molar-refractivity contribution < 1.29 is 0 Å². The highest BCUT2D eigenvalue weighted by Crippen LogP contribution is 2.22. The molecule has 0 fully saturated rings. The van der Waals surface area contributed by atoms with Crippen molar-refractivity contribution in [3.63, 3.8) is 0 Å². The SMILES string of the molecule is CCCNc1cc(-c2ccncc2C)nc(CC)n1. The van der Waals surface area contributed by atoms with Crippen LogP contribution in [-0.4, -0.2) is 21.5 Å². The summed E-state index contributed by atoms with van der Waals surface area (Å²) < 4.78 is 0. The van der Waals surface area contributed by atoms with Crippen LogP contribution < -0.4 is 5.32 Å². The molecule has 2 aromatic rings. The minimum atomic E-state index is 0.832. The van der Waals surface area contributed by atoms with Gasteiger partial charge in [-0.1, -0.05) is 13.8 Å². The largest absolute Gasteiger partial charge is 0.370 e. The molecule has 4 nitrogen and oxygen atoms in total. The van der Waals surface area contributed by atoms with Gasteiger partial charge in [0.05, 0.1) is 5.69 Å². The molecule has 0 radical (unpaired) electrons. The van der Waals surface area contributed by atoms with Gasteiger partial charge in [0.15, 0.2) is 0 Å². The molecule has 2 aromatic heterocycles. The summed E-state index contributed by atoms with van der Waals surface area (Å²) in [6.45, 7) is 7.19. The molecule has 2 heterocycles. The van der Waals surface area contributed by atoms with Gasteiger partial charge in [0.1, 0.15) is 11.6 Å². The van der Waals surface area contributed by atoms with Crippen molar-refractivity contribution in [2.45, 2.75) is 33.6 Å². The molecule has 0 unspecified atom stereocenters. The van der Waals surface area contributed by atoms with Crippen LogP contribution in [0.3, 0.4) is 0 Å². The Balaban J connectivity index is 2.42. The van der Waals surface area contributed by atoms with E-state index in [0.29, 0.717) is 0 Å². The first-order valence-electron chi connectivity index (χ1n) is 6.77. The van der Waals surface area contributed by atoms with Crippen molar-refractivity contribution >= 4 is 5.82 Å². The lowest BCUT2D eigenvalue weighted by Gasteiger charge is -2.10. The fraction of sp³-hybridized carbons (Fsp3) is 0.400. The molecule has 0 saturated carbocycles. The van der Waals surface area contributed by atoms with E-state index in [0.717, 1.165) is 47.8 Å². The zero-order valence-corrected chi connectivity index (χ0v) is 11.8. The molecule has 0 saturated heterocycles. The molecule has 2 rings (SSSR count). The lowest BCUT2D eigenvalue weighted by molar-refractivity contribution is 0.919. The van der Waals surface area contributed by atoms with Crippen LogP contribution in [0.15, 0.2) is 24.5 Å². The Hall–Kier alpha value is -1.97. The van der Waals surface area contributed by atoms with Crippen molar-refractivity contribution in [2.75, 3.05) is 11.9 Å². The summed E-state index contributed by atoms with van der Waals surface area (Å²) in [5.41, 5.74) is 3.21. The summed E-state index contributed by atoms with van der Waals surface area (Å²) in [6, 6.07) is 4.01. The molecule has 1 N–H and O–H groups in total. The average Bonchev–Trinajstić information content (AvgIpc) is 2.45. The molecule has 0 atom stereocenters. The first kappa shape index (κ1) is 13.5. The third-order valence-corrected chi connectivity index (χ3v) is 2.94. The highest BCUT2D eigenvalue weighted by molar-refractivity contribution is 5.65. The Morgan fingerprint density at radius 2 is 2.05 bits per heavy atom. The Bertz CT molecular complexity index is 552. The highest BCUT2D eigenvalue weighted by Gasteiger charge is 2.07. The maximum absolute atomic E-state index is 4.61. The van der Waals surface area contributed by atoms with Crippen molar-refractivity contribution in [3.8, 4) is 11.3 Å². The molecule has 19 heavy (non-hydrogen) atoms. The predicted octanol–water partition coefficient (Wildman–Crippen LogP) is 3.23. The van der Waals surface area contributed by atoms with Crippen LogP contribution in [0.5, 0.6) is 0 Å². The second kappa shape index (κ2) is 6.27. The van der Waals surface area contributed by atoms with Gasteiger partial charge < -0.3 is 5.32 Å². The topological polar surface area (TPSA) is 50.7 Å². The first-order valence-corrected chi connectivity index (χ1v) is 6.77. The Kier molecular flexibility index (Phi) is 4.44. The number of nitrogens with zero attached hydrogens (tertiary/aromatic N) is 3. The quantitative estimate of drug-likeness (QED) is 0.892. The molecule has 0 aliphatic rings. The van der Waals surface area contributed by atoms with Gasteiger partial charge in [-0.3, -0.25) is 4.98 Å². The zero-order chi connectivity index (χ0) is 13.7. The molecule has 4 heteroatoms. The second-order valence-electron chi connectivity index (χ2n) is 4.53. The molecule has 0 aliphatic heterocycles. The summed E-state index contributed by atoms with van der Waals surface area (Å²) in [4.78, 5) is 13.2. The lowest BCUT2D eigenvalue weighted by atomic mass is 10.1. The van der Waals surface area contributed by atoms with Gasteiger partial charge in [-0.15, -0.1) is 0 Å². The van der Waals surface area contributed by atoms with E-state index in [1.54, 1.807) is 6.20 Å². The van der Waals surface area contributed by atoms with Crippen molar-refractivity contribution in [2.24, 2.45) is 0 Å². The second-order valence-corrected chi connectivity index (χ2v) is 4.53. The number of aromatic nitrogens is 3. The van der Waals surface area contributed by atoms with Gasteiger partial charge in [-0.05, 0) is 25.0 Å².